The van der Waals surface area contributed by atoms with Crippen molar-refractivity contribution in [1.82, 2.24) is 9.80 Å². The molecule has 0 saturated heterocycles. The summed E-state index contributed by atoms with van der Waals surface area (Å²) in [5.74, 6) is 0.451. The molecule has 1 aliphatic carbocycles. The number of Topliss-reactive ketones (excluding diaryl/α,β-unsaturated/α-hetero) is 1. The highest BCUT2D eigenvalue weighted by molar-refractivity contribution is 5.79. The van der Waals surface area contributed by atoms with Gasteiger partial charge < -0.3 is 4.90 Å². The van der Waals surface area contributed by atoms with Crippen LogP contribution in [-0.2, 0) is 4.79 Å². The lowest BCUT2D eigenvalue weighted by molar-refractivity contribution is -0.121. The Morgan fingerprint density at radius 2 is 1.88 bits per heavy atom. The zero-order valence-corrected chi connectivity index (χ0v) is 11.2. The third-order valence-electron chi connectivity index (χ3n) is 3.54. The van der Waals surface area contributed by atoms with Crippen molar-refractivity contribution in [3.63, 3.8) is 0 Å². The molecule has 1 aliphatic rings. The lowest BCUT2D eigenvalue weighted by atomic mass is 9.92. The third-order valence-corrected chi connectivity index (χ3v) is 3.54. The molecule has 3 heteroatoms. The van der Waals surface area contributed by atoms with Gasteiger partial charge in [-0.15, -0.1) is 0 Å². The van der Waals surface area contributed by atoms with Gasteiger partial charge in [-0.3, -0.25) is 9.69 Å². The van der Waals surface area contributed by atoms with Crippen LogP contribution in [0.5, 0.6) is 0 Å². The Morgan fingerprint density at radius 3 is 2.31 bits per heavy atom. The highest BCUT2D eigenvalue weighted by atomic mass is 16.1. The molecule has 0 aromatic carbocycles. The van der Waals surface area contributed by atoms with E-state index in [0.717, 1.165) is 38.8 Å². The van der Waals surface area contributed by atoms with Crippen molar-refractivity contribution in [2.75, 3.05) is 27.2 Å². The van der Waals surface area contributed by atoms with Crippen LogP contribution in [0.15, 0.2) is 0 Å². The summed E-state index contributed by atoms with van der Waals surface area (Å²) in [4.78, 5) is 16.0. The van der Waals surface area contributed by atoms with Gasteiger partial charge in [0, 0.05) is 31.5 Å². The molecule has 0 amide bonds. The van der Waals surface area contributed by atoms with E-state index in [-0.39, 0.29) is 0 Å². The van der Waals surface area contributed by atoms with E-state index in [1.54, 1.807) is 0 Å². The van der Waals surface area contributed by atoms with Crippen LogP contribution in [0.3, 0.4) is 0 Å². The molecule has 0 bridgehead atoms. The Bertz CT molecular complexity index is 218. The van der Waals surface area contributed by atoms with Gasteiger partial charge in [0.25, 0.3) is 0 Å². The molecule has 0 aromatic rings. The van der Waals surface area contributed by atoms with Crippen LogP contribution in [-0.4, -0.2) is 54.9 Å². The molecule has 94 valence electrons. The lowest BCUT2D eigenvalue weighted by Gasteiger charge is -2.38. The summed E-state index contributed by atoms with van der Waals surface area (Å²) in [6.45, 7) is 6.70. The average molecular weight is 226 g/mol. The Balaban J connectivity index is 2.49. The number of hydrogen-bond donors (Lipinski definition) is 0. The number of likely N-dealkylation sites (N-methyl/N-ethyl adjacent to an activating group) is 2. The highest BCUT2D eigenvalue weighted by Gasteiger charge is 2.26. The number of nitrogens with zero attached hydrogens (tertiary/aromatic N) is 2. The Kier molecular flexibility index (Phi) is 5.42. The Hall–Kier alpha value is -0.410. The van der Waals surface area contributed by atoms with Gasteiger partial charge in [0.05, 0.1) is 0 Å². The second-order valence-electron chi connectivity index (χ2n) is 5.21. The van der Waals surface area contributed by atoms with E-state index >= 15 is 0 Å². The Labute approximate surface area is 99.8 Å². The van der Waals surface area contributed by atoms with Crippen molar-refractivity contribution in [1.29, 1.82) is 0 Å². The SMILES string of the molecule is CCN(C(C)CN(C)C)C1CCC(=O)CC1. The summed E-state index contributed by atoms with van der Waals surface area (Å²) in [5.41, 5.74) is 0. The van der Waals surface area contributed by atoms with Crippen molar-refractivity contribution in [3.8, 4) is 0 Å². The van der Waals surface area contributed by atoms with Crippen molar-refractivity contribution < 1.29 is 4.79 Å². The van der Waals surface area contributed by atoms with Crippen LogP contribution in [0.25, 0.3) is 0 Å². The van der Waals surface area contributed by atoms with Gasteiger partial charge in [0.2, 0.25) is 0 Å². The molecule has 0 aromatic heterocycles. The average Bonchev–Trinajstić information content (AvgIpc) is 2.21. The maximum atomic E-state index is 11.2. The van der Waals surface area contributed by atoms with Crippen LogP contribution in [0.1, 0.15) is 39.5 Å². The molecule has 16 heavy (non-hydrogen) atoms. The van der Waals surface area contributed by atoms with Crippen LogP contribution < -0.4 is 0 Å². The second kappa shape index (κ2) is 6.36. The van der Waals surface area contributed by atoms with E-state index in [1.807, 2.05) is 0 Å². The molecule has 0 spiro atoms. The summed E-state index contributed by atoms with van der Waals surface area (Å²) in [7, 11) is 4.24. The summed E-state index contributed by atoms with van der Waals surface area (Å²) in [6.07, 6.45) is 3.70. The number of carbonyl (C=O) groups is 1. The van der Waals surface area contributed by atoms with Crippen molar-refractivity contribution >= 4 is 5.78 Å². The van der Waals surface area contributed by atoms with Gasteiger partial charge in [0.1, 0.15) is 5.78 Å². The molecule has 1 rings (SSSR count). The van der Waals surface area contributed by atoms with Crippen molar-refractivity contribution in [3.05, 3.63) is 0 Å². The fourth-order valence-electron chi connectivity index (χ4n) is 2.82. The Morgan fingerprint density at radius 1 is 1.31 bits per heavy atom. The van der Waals surface area contributed by atoms with Gasteiger partial charge >= 0.3 is 0 Å². The molecule has 1 atom stereocenters. The van der Waals surface area contributed by atoms with Gasteiger partial charge in [-0.1, -0.05) is 6.92 Å². The van der Waals surface area contributed by atoms with E-state index < -0.39 is 0 Å². The fraction of sp³-hybridized carbons (Fsp3) is 0.923. The van der Waals surface area contributed by atoms with Crippen LogP contribution >= 0.6 is 0 Å². The van der Waals surface area contributed by atoms with E-state index in [0.29, 0.717) is 17.9 Å². The largest absolute Gasteiger partial charge is 0.308 e. The van der Waals surface area contributed by atoms with E-state index in [2.05, 4.69) is 37.7 Å². The summed E-state index contributed by atoms with van der Waals surface area (Å²) in [5, 5.41) is 0. The second-order valence-corrected chi connectivity index (χ2v) is 5.21. The molecule has 0 heterocycles. The molecular formula is C13H26N2O. The zero-order chi connectivity index (χ0) is 12.1. The molecule has 3 nitrogen and oxygen atoms in total. The molecule has 0 N–H and O–H groups in total. The molecule has 0 aliphatic heterocycles. The first-order valence-corrected chi connectivity index (χ1v) is 6.46. The van der Waals surface area contributed by atoms with E-state index in [9.17, 15) is 4.79 Å². The van der Waals surface area contributed by atoms with Crippen molar-refractivity contribution in [2.24, 2.45) is 0 Å². The molecule has 0 radical (unpaired) electrons. The third kappa shape index (κ3) is 3.87. The monoisotopic (exact) mass is 226 g/mol. The van der Waals surface area contributed by atoms with E-state index in [4.69, 9.17) is 0 Å². The van der Waals surface area contributed by atoms with Crippen LogP contribution in [0.4, 0.5) is 0 Å². The highest BCUT2D eigenvalue weighted by Crippen LogP contribution is 2.22. The fourth-order valence-corrected chi connectivity index (χ4v) is 2.82. The molecule has 1 unspecified atom stereocenters. The topological polar surface area (TPSA) is 23.6 Å². The number of hydrogen-bond acceptors (Lipinski definition) is 3. The maximum Gasteiger partial charge on any atom is 0.133 e. The summed E-state index contributed by atoms with van der Waals surface area (Å²) in [6, 6.07) is 1.20. The predicted octanol–water partition coefficient (Wildman–Crippen LogP) is 1.77. The number of ketones is 1. The van der Waals surface area contributed by atoms with Crippen LogP contribution in [0, 0.1) is 0 Å². The zero-order valence-electron chi connectivity index (χ0n) is 11.2. The summed E-state index contributed by atoms with van der Waals surface area (Å²) >= 11 is 0. The van der Waals surface area contributed by atoms with Gasteiger partial charge in [0.15, 0.2) is 0 Å². The summed E-state index contributed by atoms with van der Waals surface area (Å²) < 4.78 is 0. The smallest absolute Gasteiger partial charge is 0.133 e. The van der Waals surface area contributed by atoms with Gasteiger partial charge in [-0.05, 0) is 40.4 Å². The van der Waals surface area contributed by atoms with Crippen LogP contribution in [0.2, 0.25) is 0 Å². The maximum absolute atomic E-state index is 11.2. The van der Waals surface area contributed by atoms with Gasteiger partial charge in [-0.25, -0.2) is 0 Å². The van der Waals surface area contributed by atoms with E-state index in [1.165, 1.54) is 0 Å². The standard InChI is InChI=1S/C13H26N2O/c1-5-15(11(2)10-14(3)4)12-6-8-13(16)9-7-12/h11-12H,5-10H2,1-4H3. The molecule has 1 saturated carbocycles. The minimum Gasteiger partial charge on any atom is -0.308 e. The number of carbonyl (C=O) groups excluding carboxylic acids is 1. The molecule has 1 fully saturated rings. The lowest BCUT2D eigenvalue weighted by Crippen LogP contribution is -2.47. The van der Waals surface area contributed by atoms with Crippen molar-refractivity contribution in [2.45, 2.75) is 51.6 Å². The first-order valence-electron chi connectivity index (χ1n) is 6.46. The number of rotatable bonds is 5. The normalized spacial score (nSPS) is 20.8. The first kappa shape index (κ1) is 13.7. The minimum absolute atomic E-state index is 0.451. The quantitative estimate of drug-likeness (QED) is 0.714. The molecular weight excluding hydrogens is 200 g/mol. The predicted molar refractivity (Wildman–Crippen MR) is 67.7 cm³/mol. The van der Waals surface area contributed by atoms with Gasteiger partial charge in [-0.2, -0.15) is 0 Å². The first-order chi connectivity index (χ1) is 7.54. The minimum atomic E-state index is 0.451.